The van der Waals surface area contributed by atoms with Crippen LogP contribution < -0.4 is 0 Å². The van der Waals surface area contributed by atoms with E-state index in [0.717, 1.165) is 14.2 Å². The summed E-state index contributed by atoms with van der Waals surface area (Å²) in [6.07, 6.45) is 4.12. The molecule has 2 aliphatic heterocycles. The van der Waals surface area contributed by atoms with Crippen LogP contribution in [0.1, 0.15) is 26.2 Å². The lowest BCUT2D eigenvalue weighted by Crippen LogP contribution is -2.74. The molecule has 2 fully saturated rings. The van der Waals surface area contributed by atoms with E-state index in [1.807, 2.05) is 0 Å². The van der Waals surface area contributed by atoms with Crippen molar-refractivity contribution in [2.24, 2.45) is 22.7 Å². The van der Waals surface area contributed by atoms with Crippen molar-refractivity contribution in [1.29, 1.82) is 0 Å². The fraction of sp³-hybridized carbons (Fsp3) is 0.667. The summed E-state index contributed by atoms with van der Waals surface area (Å²) in [6.45, 7) is 1.62. The molecule has 4 aliphatic rings. The van der Waals surface area contributed by atoms with Crippen molar-refractivity contribution >= 4 is 23.9 Å². The number of esters is 4. The van der Waals surface area contributed by atoms with E-state index >= 15 is 0 Å². The molecule has 142 valence electrons. The average molecular weight is 366 g/mol. The van der Waals surface area contributed by atoms with Gasteiger partial charge in [0, 0.05) is 5.92 Å². The first-order valence-corrected chi connectivity index (χ1v) is 8.43. The Balaban J connectivity index is 2.30. The van der Waals surface area contributed by atoms with E-state index in [1.165, 1.54) is 13.2 Å². The number of carbonyl (C=O) groups excluding carboxylic acids is 4. The van der Waals surface area contributed by atoms with Gasteiger partial charge >= 0.3 is 23.9 Å². The molecule has 0 aromatic heterocycles. The molecule has 8 heteroatoms. The van der Waals surface area contributed by atoms with Gasteiger partial charge in [0.25, 0.3) is 0 Å². The highest BCUT2D eigenvalue weighted by molar-refractivity contribution is 6.04. The van der Waals surface area contributed by atoms with E-state index in [-0.39, 0.29) is 6.42 Å². The Kier molecular flexibility index (Phi) is 4.12. The molecule has 1 spiro atoms. The van der Waals surface area contributed by atoms with Gasteiger partial charge in [-0.1, -0.05) is 12.5 Å². The minimum Gasteiger partial charge on any atom is -0.469 e. The molecule has 26 heavy (non-hydrogen) atoms. The highest BCUT2D eigenvalue weighted by Crippen LogP contribution is 2.64. The SMILES string of the molecule is COC(=O)C1(C(=O)OC)CCC[C@H]2[C@](C)(C(=O)OC)[C@@H]3C=C[C@@]21OC3=O. The first-order chi connectivity index (χ1) is 12.3. The van der Waals surface area contributed by atoms with Gasteiger partial charge in [-0.05, 0) is 25.8 Å². The third-order valence-electron chi connectivity index (χ3n) is 6.35. The van der Waals surface area contributed by atoms with Gasteiger partial charge in [-0.25, -0.2) is 0 Å². The minimum absolute atomic E-state index is 0.0857. The molecule has 0 aromatic rings. The van der Waals surface area contributed by atoms with Gasteiger partial charge < -0.3 is 18.9 Å². The van der Waals surface area contributed by atoms with E-state index in [9.17, 15) is 19.2 Å². The van der Waals surface area contributed by atoms with Crippen LogP contribution in [0.15, 0.2) is 12.2 Å². The highest BCUT2D eigenvalue weighted by atomic mass is 16.6. The molecule has 1 saturated carbocycles. The van der Waals surface area contributed by atoms with Crippen LogP contribution in [0.25, 0.3) is 0 Å². The summed E-state index contributed by atoms with van der Waals surface area (Å²) in [4.78, 5) is 51.0. The van der Waals surface area contributed by atoms with Crippen molar-refractivity contribution in [3.05, 3.63) is 12.2 Å². The van der Waals surface area contributed by atoms with Crippen LogP contribution in [0.2, 0.25) is 0 Å². The number of hydrogen-bond acceptors (Lipinski definition) is 8. The number of carbonyl (C=O) groups is 4. The molecule has 2 aliphatic carbocycles. The second-order valence-corrected chi connectivity index (χ2v) is 7.16. The summed E-state index contributed by atoms with van der Waals surface area (Å²) in [5, 5.41) is 0. The molecule has 0 radical (unpaired) electrons. The maximum Gasteiger partial charge on any atom is 0.327 e. The van der Waals surface area contributed by atoms with Gasteiger partial charge in [-0.15, -0.1) is 0 Å². The number of methoxy groups -OCH3 is 3. The third kappa shape index (κ3) is 1.84. The van der Waals surface area contributed by atoms with Crippen LogP contribution in [-0.2, 0) is 38.1 Å². The Morgan fingerprint density at radius 2 is 1.65 bits per heavy atom. The van der Waals surface area contributed by atoms with Gasteiger partial charge in [-0.3, -0.25) is 19.2 Å². The topological polar surface area (TPSA) is 105 Å². The van der Waals surface area contributed by atoms with E-state index in [2.05, 4.69) is 0 Å². The van der Waals surface area contributed by atoms with Crippen LogP contribution in [0.4, 0.5) is 0 Å². The van der Waals surface area contributed by atoms with Crippen LogP contribution in [-0.4, -0.2) is 50.8 Å². The first kappa shape index (κ1) is 18.4. The lowest BCUT2D eigenvalue weighted by molar-refractivity contribution is -0.247. The Morgan fingerprint density at radius 3 is 2.15 bits per heavy atom. The molecule has 2 bridgehead atoms. The molecule has 0 N–H and O–H groups in total. The molecular formula is C18H22O8. The monoisotopic (exact) mass is 366 g/mol. The first-order valence-electron chi connectivity index (χ1n) is 8.43. The van der Waals surface area contributed by atoms with E-state index in [0.29, 0.717) is 12.8 Å². The van der Waals surface area contributed by atoms with Crippen LogP contribution >= 0.6 is 0 Å². The van der Waals surface area contributed by atoms with E-state index in [4.69, 9.17) is 18.9 Å². The van der Waals surface area contributed by atoms with Gasteiger partial charge in [0.05, 0.1) is 32.7 Å². The summed E-state index contributed by atoms with van der Waals surface area (Å²) in [5.74, 6) is -4.41. The molecule has 2 heterocycles. The molecule has 0 unspecified atom stereocenters. The van der Waals surface area contributed by atoms with Crippen molar-refractivity contribution in [1.82, 2.24) is 0 Å². The number of hydrogen-bond donors (Lipinski definition) is 0. The molecule has 4 atom stereocenters. The number of rotatable bonds is 3. The fourth-order valence-corrected chi connectivity index (χ4v) is 5.13. The summed E-state index contributed by atoms with van der Waals surface area (Å²) >= 11 is 0. The Bertz CT molecular complexity index is 694. The van der Waals surface area contributed by atoms with E-state index < -0.39 is 52.1 Å². The summed E-state index contributed by atoms with van der Waals surface area (Å²) in [6, 6.07) is 0. The summed E-state index contributed by atoms with van der Waals surface area (Å²) in [7, 11) is 3.56. The quantitative estimate of drug-likeness (QED) is 0.312. The lowest BCUT2D eigenvalue weighted by Gasteiger charge is -2.61. The number of ether oxygens (including phenoxy) is 4. The van der Waals surface area contributed by atoms with Crippen LogP contribution in [0.3, 0.4) is 0 Å². The molecule has 0 amide bonds. The standard InChI is InChI=1S/C18H22O8/c1-16(13(20)23-2)10-7-9-18(26-12(10)19)11(16)6-5-8-17(18,14(21)24-3)15(22)25-4/h7,9-11H,5-6,8H2,1-4H3/t10-,11+,16-,18-/m1/s1. The maximum absolute atomic E-state index is 12.8. The Hall–Kier alpha value is -2.38. The molecular weight excluding hydrogens is 344 g/mol. The normalized spacial score (nSPS) is 36.5. The third-order valence-corrected chi connectivity index (χ3v) is 6.35. The Morgan fingerprint density at radius 1 is 1.08 bits per heavy atom. The van der Waals surface area contributed by atoms with E-state index in [1.54, 1.807) is 13.0 Å². The van der Waals surface area contributed by atoms with Gasteiger partial charge in [0.15, 0.2) is 5.60 Å². The minimum atomic E-state index is -1.87. The van der Waals surface area contributed by atoms with Crippen LogP contribution in [0, 0.1) is 22.7 Å². The van der Waals surface area contributed by atoms with Crippen LogP contribution in [0.5, 0.6) is 0 Å². The Labute approximate surface area is 150 Å². The predicted molar refractivity (Wildman–Crippen MR) is 85.4 cm³/mol. The summed E-state index contributed by atoms with van der Waals surface area (Å²) in [5.41, 5.74) is -4.78. The highest BCUT2D eigenvalue weighted by Gasteiger charge is 2.78. The smallest absolute Gasteiger partial charge is 0.327 e. The molecule has 4 rings (SSSR count). The average Bonchev–Trinajstić information content (AvgIpc) is 2.65. The van der Waals surface area contributed by atoms with Crippen molar-refractivity contribution in [2.75, 3.05) is 21.3 Å². The second-order valence-electron chi connectivity index (χ2n) is 7.16. The van der Waals surface area contributed by atoms with Crippen molar-refractivity contribution in [2.45, 2.75) is 31.8 Å². The molecule has 8 nitrogen and oxygen atoms in total. The van der Waals surface area contributed by atoms with Gasteiger partial charge in [0.2, 0.25) is 5.41 Å². The van der Waals surface area contributed by atoms with Crippen molar-refractivity contribution in [3.8, 4) is 0 Å². The predicted octanol–water partition coefficient (Wildman–Crippen LogP) is 0.780. The molecule has 0 aromatic carbocycles. The zero-order chi connectivity index (χ0) is 19.3. The van der Waals surface area contributed by atoms with Crippen molar-refractivity contribution in [3.63, 3.8) is 0 Å². The fourth-order valence-electron chi connectivity index (χ4n) is 5.13. The van der Waals surface area contributed by atoms with Gasteiger partial charge in [0.1, 0.15) is 0 Å². The van der Waals surface area contributed by atoms with Crippen molar-refractivity contribution < 1.29 is 38.1 Å². The zero-order valence-electron chi connectivity index (χ0n) is 15.2. The zero-order valence-corrected chi connectivity index (χ0v) is 15.2. The molecule has 1 saturated heterocycles. The largest absolute Gasteiger partial charge is 0.469 e. The maximum atomic E-state index is 12.8. The number of fused-ring (bicyclic) bond motifs is 1. The van der Waals surface area contributed by atoms with Gasteiger partial charge in [-0.2, -0.15) is 0 Å². The lowest BCUT2D eigenvalue weighted by atomic mass is 9.45. The second kappa shape index (κ2) is 5.82. The summed E-state index contributed by atoms with van der Waals surface area (Å²) < 4.78 is 20.5.